The Morgan fingerprint density at radius 1 is 1.30 bits per heavy atom. The quantitative estimate of drug-likeness (QED) is 0.744. The molecule has 3 aromatic heterocycles. The third kappa shape index (κ3) is 1.84. The number of imidazole rings is 1. The number of hydrogen-bond donors (Lipinski definition) is 1. The number of aryl methyl sites for hydroxylation is 1. The maximum absolute atomic E-state index is 12.7. The highest BCUT2D eigenvalue weighted by Crippen LogP contribution is 2.29. The summed E-state index contributed by atoms with van der Waals surface area (Å²) in [7, 11) is 0. The van der Waals surface area contributed by atoms with Gasteiger partial charge in [0.2, 0.25) is 0 Å². The molecule has 1 N–H and O–H groups in total. The van der Waals surface area contributed by atoms with Crippen molar-refractivity contribution in [2.75, 3.05) is 0 Å². The molecule has 0 spiro atoms. The van der Waals surface area contributed by atoms with E-state index in [1.807, 2.05) is 0 Å². The van der Waals surface area contributed by atoms with Crippen LogP contribution in [0.15, 0.2) is 23.1 Å². The van der Waals surface area contributed by atoms with Crippen molar-refractivity contribution in [2.45, 2.75) is 19.5 Å². The van der Waals surface area contributed by atoms with Crippen molar-refractivity contribution < 1.29 is 13.2 Å². The lowest BCUT2D eigenvalue weighted by Crippen LogP contribution is -2.11. The highest BCUT2D eigenvalue weighted by Gasteiger charge is 2.31. The average molecular weight is 282 g/mol. The van der Waals surface area contributed by atoms with Crippen LogP contribution in [0, 0.1) is 0 Å². The minimum absolute atomic E-state index is 0.0292. The standard InChI is InChI=1S/C12H9F3N4O/c1-2-7-16-10-9(11(20)17-7)18-8-4-3-6(5-19(8)10)12(13,14)15/h3-5H,2H2,1H3,(H,16,17,20). The van der Waals surface area contributed by atoms with Gasteiger partial charge in [-0.05, 0) is 12.1 Å². The summed E-state index contributed by atoms with van der Waals surface area (Å²) in [4.78, 5) is 22.5. The van der Waals surface area contributed by atoms with Gasteiger partial charge in [0.25, 0.3) is 5.56 Å². The van der Waals surface area contributed by atoms with Crippen LogP contribution in [-0.4, -0.2) is 19.4 Å². The minimum Gasteiger partial charge on any atom is -0.309 e. The van der Waals surface area contributed by atoms with E-state index in [4.69, 9.17) is 0 Å². The van der Waals surface area contributed by atoms with E-state index < -0.39 is 17.3 Å². The summed E-state index contributed by atoms with van der Waals surface area (Å²) in [5.41, 5.74) is -0.860. The van der Waals surface area contributed by atoms with Crippen LogP contribution in [0.1, 0.15) is 18.3 Å². The van der Waals surface area contributed by atoms with Gasteiger partial charge in [-0.1, -0.05) is 6.92 Å². The second-order valence-corrected chi connectivity index (χ2v) is 4.29. The molecule has 20 heavy (non-hydrogen) atoms. The Bertz CT molecular complexity index is 863. The maximum atomic E-state index is 12.7. The molecule has 3 aromatic rings. The fourth-order valence-electron chi connectivity index (χ4n) is 1.97. The summed E-state index contributed by atoms with van der Waals surface area (Å²) in [5.74, 6) is 0.404. The van der Waals surface area contributed by atoms with Gasteiger partial charge in [-0.15, -0.1) is 0 Å². The van der Waals surface area contributed by atoms with Gasteiger partial charge in [-0.25, -0.2) is 9.97 Å². The summed E-state index contributed by atoms with van der Waals surface area (Å²) >= 11 is 0. The Labute approximate surface area is 110 Å². The molecule has 0 aliphatic rings. The molecule has 5 nitrogen and oxygen atoms in total. The van der Waals surface area contributed by atoms with E-state index in [0.29, 0.717) is 12.2 Å². The number of rotatable bonds is 1. The van der Waals surface area contributed by atoms with Crippen molar-refractivity contribution in [3.8, 4) is 0 Å². The molecule has 0 aromatic carbocycles. The monoisotopic (exact) mass is 282 g/mol. The summed E-state index contributed by atoms with van der Waals surface area (Å²) in [6.45, 7) is 1.79. The zero-order valence-corrected chi connectivity index (χ0v) is 10.3. The van der Waals surface area contributed by atoms with Gasteiger partial charge in [-0.2, -0.15) is 13.2 Å². The molecule has 0 unspecified atom stereocenters. The second-order valence-electron chi connectivity index (χ2n) is 4.29. The first-order valence-electron chi connectivity index (χ1n) is 5.88. The van der Waals surface area contributed by atoms with Crippen LogP contribution >= 0.6 is 0 Å². The fraction of sp³-hybridized carbons (Fsp3) is 0.250. The van der Waals surface area contributed by atoms with Gasteiger partial charge < -0.3 is 4.98 Å². The van der Waals surface area contributed by atoms with E-state index in [1.54, 1.807) is 6.92 Å². The number of halogens is 3. The molecular formula is C12H9F3N4O. The molecule has 0 atom stereocenters. The van der Waals surface area contributed by atoms with Crippen molar-refractivity contribution in [1.82, 2.24) is 19.4 Å². The minimum atomic E-state index is -4.46. The third-order valence-corrected chi connectivity index (χ3v) is 2.97. The van der Waals surface area contributed by atoms with E-state index >= 15 is 0 Å². The lowest BCUT2D eigenvalue weighted by atomic mass is 10.3. The van der Waals surface area contributed by atoms with Crippen LogP contribution in [0.5, 0.6) is 0 Å². The highest BCUT2D eigenvalue weighted by molar-refractivity contribution is 5.75. The van der Waals surface area contributed by atoms with Gasteiger partial charge in [-0.3, -0.25) is 9.20 Å². The Morgan fingerprint density at radius 3 is 2.70 bits per heavy atom. The normalized spacial score (nSPS) is 12.4. The van der Waals surface area contributed by atoms with Crippen LogP contribution in [0.4, 0.5) is 13.2 Å². The fourth-order valence-corrected chi connectivity index (χ4v) is 1.97. The molecule has 0 aliphatic carbocycles. The number of nitrogens with zero attached hydrogens (tertiary/aromatic N) is 3. The molecule has 0 aliphatic heterocycles. The lowest BCUT2D eigenvalue weighted by molar-refractivity contribution is -0.137. The zero-order chi connectivity index (χ0) is 14.5. The number of aromatic amines is 1. The van der Waals surface area contributed by atoms with Crippen LogP contribution in [0.2, 0.25) is 0 Å². The number of aromatic nitrogens is 4. The number of H-pyrrole nitrogens is 1. The Balaban J connectivity index is 2.41. The van der Waals surface area contributed by atoms with Gasteiger partial charge in [0.1, 0.15) is 11.5 Å². The largest absolute Gasteiger partial charge is 0.417 e. The summed E-state index contributed by atoms with van der Waals surface area (Å²) in [5, 5.41) is 0. The van der Waals surface area contributed by atoms with E-state index in [-0.39, 0.29) is 16.8 Å². The first kappa shape index (κ1) is 12.6. The molecule has 0 fully saturated rings. The van der Waals surface area contributed by atoms with Crippen molar-refractivity contribution in [3.05, 3.63) is 40.1 Å². The molecule has 3 rings (SSSR count). The third-order valence-electron chi connectivity index (χ3n) is 2.97. The number of nitrogens with one attached hydrogen (secondary N) is 1. The van der Waals surface area contributed by atoms with Crippen molar-refractivity contribution in [3.63, 3.8) is 0 Å². The number of pyridine rings is 1. The number of alkyl halides is 3. The molecule has 0 bridgehead atoms. The van der Waals surface area contributed by atoms with E-state index in [9.17, 15) is 18.0 Å². The predicted octanol–water partition coefficient (Wildman–Crippen LogP) is 2.15. The van der Waals surface area contributed by atoms with Crippen molar-refractivity contribution >= 4 is 16.8 Å². The molecular weight excluding hydrogens is 273 g/mol. The number of hydrogen-bond acceptors (Lipinski definition) is 3. The Morgan fingerprint density at radius 2 is 2.05 bits per heavy atom. The molecule has 8 heteroatoms. The summed E-state index contributed by atoms with van der Waals surface area (Å²) in [6.07, 6.45) is -3.09. The molecule has 104 valence electrons. The van der Waals surface area contributed by atoms with Gasteiger partial charge in [0, 0.05) is 12.6 Å². The molecule has 0 saturated carbocycles. The molecule has 0 radical (unpaired) electrons. The highest BCUT2D eigenvalue weighted by atomic mass is 19.4. The predicted molar refractivity (Wildman–Crippen MR) is 65.5 cm³/mol. The Hall–Kier alpha value is -2.38. The van der Waals surface area contributed by atoms with Gasteiger partial charge >= 0.3 is 6.18 Å². The van der Waals surface area contributed by atoms with E-state index in [2.05, 4.69) is 15.0 Å². The first-order chi connectivity index (χ1) is 9.40. The number of fused-ring (bicyclic) bond motifs is 3. The van der Waals surface area contributed by atoms with E-state index in [0.717, 1.165) is 12.3 Å². The second kappa shape index (κ2) is 4.06. The topological polar surface area (TPSA) is 63.1 Å². The SMILES string of the molecule is CCc1nc2c(nc3ccc(C(F)(F)F)cn32)c(=O)[nH]1. The van der Waals surface area contributed by atoms with Crippen LogP contribution in [0.3, 0.4) is 0 Å². The maximum Gasteiger partial charge on any atom is 0.417 e. The van der Waals surface area contributed by atoms with Crippen LogP contribution in [-0.2, 0) is 12.6 Å². The molecule has 3 heterocycles. The van der Waals surface area contributed by atoms with Crippen molar-refractivity contribution in [2.24, 2.45) is 0 Å². The molecule has 0 saturated heterocycles. The van der Waals surface area contributed by atoms with Crippen molar-refractivity contribution in [1.29, 1.82) is 0 Å². The van der Waals surface area contributed by atoms with Gasteiger partial charge in [0.15, 0.2) is 11.2 Å². The smallest absolute Gasteiger partial charge is 0.309 e. The van der Waals surface area contributed by atoms with Crippen LogP contribution < -0.4 is 5.56 Å². The Kier molecular flexibility index (Phi) is 2.56. The van der Waals surface area contributed by atoms with Gasteiger partial charge in [0.05, 0.1) is 5.56 Å². The van der Waals surface area contributed by atoms with Crippen LogP contribution in [0.25, 0.3) is 16.8 Å². The van der Waals surface area contributed by atoms with E-state index in [1.165, 1.54) is 10.5 Å². The zero-order valence-electron chi connectivity index (χ0n) is 10.3. The summed E-state index contributed by atoms with van der Waals surface area (Å²) in [6, 6.07) is 2.14. The first-order valence-corrected chi connectivity index (χ1v) is 5.88. The molecule has 0 amide bonds. The lowest BCUT2D eigenvalue weighted by Gasteiger charge is -2.06. The summed E-state index contributed by atoms with van der Waals surface area (Å²) < 4.78 is 39.4. The average Bonchev–Trinajstić information content (AvgIpc) is 2.76.